The lowest BCUT2D eigenvalue weighted by Gasteiger charge is -2.33. The Morgan fingerprint density at radius 1 is 1.26 bits per heavy atom. The van der Waals surface area contributed by atoms with Gasteiger partial charge < -0.3 is 9.64 Å². The van der Waals surface area contributed by atoms with Crippen molar-refractivity contribution in [3.05, 3.63) is 53.2 Å². The number of aromatic nitrogens is 1. The van der Waals surface area contributed by atoms with Gasteiger partial charge >= 0.3 is 0 Å². The van der Waals surface area contributed by atoms with Crippen LogP contribution in [-0.2, 0) is 17.6 Å². The van der Waals surface area contributed by atoms with Crippen molar-refractivity contribution in [3.63, 3.8) is 0 Å². The number of aryl methyl sites for hydroxylation is 1. The number of ether oxygens (including phenoxy) is 1. The summed E-state index contributed by atoms with van der Waals surface area (Å²) in [6, 6.07) is 9.01. The van der Waals surface area contributed by atoms with Crippen LogP contribution in [0.4, 0.5) is 5.69 Å². The zero-order valence-electron chi connectivity index (χ0n) is 15.1. The lowest BCUT2D eigenvalue weighted by molar-refractivity contribution is -0.126. The molecule has 2 amide bonds. The number of nitrogens with one attached hydrogen (secondary N) is 1. The van der Waals surface area contributed by atoms with E-state index >= 15 is 0 Å². The number of hydrogen-bond donors (Lipinski definition) is 2. The summed E-state index contributed by atoms with van der Waals surface area (Å²) in [6.07, 6.45) is 4.64. The quantitative estimate of drug-likeness (QED) is 0.640. The largest absolute Gasteiger partial charge is 0.481 e. The first-order valence-electron chi connectivity index (χ1n) is 8.94. The van der Waals surface area contributed by atoms with E-state index < -0.39 is 11.3 Å². The second-order valence-corrected chi connectivity index (χ2v) is 7.15. The van der Waals surface area contributed by atoms with E-state index in [1.807, 2.05) is 17.0 Å². The van der Waals surface area contributed by atoms with Gasteiger partial charge in [0.2, 0.25) is 11.8 Å². The van der Waals surface area contributed by atoms with Crippen LogP contribution in [0.1, 0.15) is 34.3 Å². The van der Waals surface area contributed by atoms with E-state index in [4.69, 9.17) is 9.94 Å². The number of carbonyl (C=O) groups excluding carboxylic acids is 2. The number of hydrogen-bond acceptors (Lipinski definition) is 5. The summed E-state index contributed by atoms with van der Waals surface area (Å²) in [7, 11) is 1.56. The van der Waals surface area contributed by atoms with Gasteiger partial charge in [0, 0.05) is 18.2 Å². The lowest BCUT2D eigenvalue weighted by atomic mass is 9.70. The van der Waals surface area contributed by atoms with Crippen molar-refractivity contribution in [3.8, 4) is 5.88 Å². The van der Waals surface area contributed by atoms with Crippen LogP contribution in [0.2, 0.25) is 0 Å². The lowest BCUT2D eigenvalue weighted by Crippen LogP contribution is -2.38. The van der Waals surface area contributed by atoms with Crippen LogP contribution < -0.4 is 15.1 Å². The number of hydroxylamine groups is 1. The van der Waals surface area contributed by atoms with Crippen molar-refractivity contribution in [2.75, 3.05) is 18.6 Å². The molecule has 1 aliphatic carbocycles. The van der Waals surface area contributed by atoms with E-state index in [1.54, 1.807) is 37.0 Å². The molecule has 4 rings (SSSR count). The highest BCUT2D eigenvalue weighted by Gasteiger charge is 2.48. The third-order valence-electron chi connectivity index (χ3n) is 5.73. The van der Waals surface area contributed by atoms with Crippen LogP contribution in [0, 0.1) is 5.41 Å². The number of amides is 2. The number of pyridine rings is 1. The van der Waals surface area contributed by atoms with E-state index in [-0.39, 0.29) is 5.91 Å². The topological polar surface area (TPSA) is 91.8 Å². The van der Waals surface area contributed by atoms with Gasteiger partial charge in [-0.15, -0.1) is 0 Å². The molecule has 1 spiro atoms. The summed E-state index contributed by atoms with van der Waals surface area (Å²) < 4.78 is 5.08. The van der Waals surface area contributed by atoms with Crippen LogP contribution in [0.25, 0.3) is 0 Å². The minimum absolute atomic E-state index is 0.136. The average Bonchev–Trinajstić information content (AvgIpc) is 3.02. The molecule has 2 aliphatic rings. The van der Waals surface area contributed by atoms with Gasteiger partial charge in [0.1, 0.15) is 0 Å². The smallest absolute Gasteiger partial charge is 0.274 e. The molecule has 1 fully saturated rings. The first-order chi connectivity index (χ1) is 13.1. The van der Waals surface area contributed by atoms with Gasteiger partial charge in [-0.25, -0.2) is 10.5 Å². The molecule has 7 heteroatoms. The molecule has 2 heterocycles. The highest BCUT2D eigenvalue weighted by atomic mass is 16.5. The Kier molecular flexibility index (Phi) is 4.31. The van der Waals surface area contributed by atoms with Crippen LogP contribution >= 0.6 is 0 Å². The molecule has 1 atom stereocenters. The number of benzene rings is 1. The second-order valence-electron chi connectivity index (χ2n) is 7.15. The minimum Gasteiger partial charge on any atom is -0.481 e. The predicted molar refractivity (Wildman–Crippen MR) is 97.9 cm³/mol. The fraction of sp³-hybridized carbons (Fsp3) is 0.350. The summed E-state index contributed by atoms with van der Waals surface area (Å²) >= 11 is 0. The fourth-order valence-electron chi connectivity index (χ4n) is 4.18. The Hall–Kier alpha value is -2.93. The van der Waals surface area contributed by atoms with E-state index in [1.165, 1.54) is 0 Å². The monoisotopic (exact) mass is 367 g/mol. The standard InChI is InChI=1S/C20H21N3O4/c1-27-17-5-4-16(12-21-17)23-9-8-20(19(23)25)7-6-13-10-14(18(24)22-26)2-3-15(13)11-20/h2-5,10,12,26H,6-9,11H2,1H3,(H,22,24)/t20-/m1/s1. The van der Waals surface area contributed by atoms with Gasteiger partial charge in [0.15, 0.2) is 0 Å². The summed E-state index contributed by atoms with van der Waals surface area (Å²) in [5.41, 5.74) is 4.65. The second kappa shape index (κ2) is 6.66. The molecule has 1 aliphatic heterocycles. The molecule has 0 unspecified atom stereocenters. The molecule has 0 radical (unpaired) electrons. The molecular weight excluding hydrogens is 346 g/mol. The van der Waals surface area contributed by atoms with Crippen LogP contribution in [0.15, 0.2) is 36.5 Å². The van der Waals surface area contributed by atoms with Gasteiger partial charge in [-0.3, -0.25) is 14.8 Å². The summed E-state index contributed by atoms with van der Waals surface area (Å²) in [6.45, 7) is 0.674. The van der Waals surface area contributed by atoms with E-state index in [0.29, 0.717) is 24.4 Å². The SMILES string of the molecule is COc1ccc(N2CC[C@@]3(CCc4cc(C(=O)NO)ccc4C3)C2=O)cn1. The zero-order valence-corrected chi connectivity index (χ0v) is 15.1. The minimum atomic E-state index is -0.520. The molecule has 2 aromatic rings. The van der Waals surface area contributed by atoms with Gasteiger partial charge in [-0.05, 0) is 55.0 Å². The summed E-state index contributed by atoms with van der Waals surface area (Å²) in [5.74, 6) is 0.139. The Bertz CT molecular complexity index is 897. The van der Waals surface area contributed by atoms with Gasteiger partial charge in [-0.1, -0.05) is 6.07 Å². The first-order valence-corrected chi connectivity index (χ1v) is 8.94. The molecule has 1 aromatic heterocycles. The van der Waals surface area contributed by atoms with E-state index in [2.05, 4.69) is 4.98 Å². The normalized spacial score (nSPS) is 21.3. The van der Waals surface area contributed by atoms with Crippen molar-refractivity contribution in [2.24, 2.45) is 5.41 Å². The van der Waals surface area contributed by atoms with Crippen molar-refractivity contribution in [1.82, 2.24) is 10.5 Å². The van der Waals surface area contributed by atoms with Crippen LogP contribution in [0.3, 0.4) is 0 Å². The highest BCUT2D eigenvalue weighted by Crippen LogP contribution is 2.45. The van der Waals surface area contributed by atoms with Crippen molar-refractivity contribution in [2.45, 2.75) is 25.7 Å². The van der Waals surface area contributed by atoms with Gasteiger partial charge in [0.25, 0.3) is 5.91 Å². The van der Waals surface area contributed by atoms with Crippen LogP contribution in [-0.4, -0.2) is 35.7 Å². The fourth-order valence-corrected chi connectivity index (χ4v) is 4.18. The summed E-state index contributed by atoms with van der Waals surface area (Å²) in [4.78, 5) is 30.9. The third kappa shape index (κ3) is 2.94. The number of fused-ring (bicyclic) bond motifs is 1. The Morgan fingerprint density at radius 2 is 2.11 bits per heavy atom. The predicted octanol–water partition coefficient (Wildman–Crippen LogP) is 2.12. The molecule has 27 heavy (non-hydrogen) atoms. The van der Waals surface area contributed by atoms with Crippen molar-refractivity contribution < 1.29 is 19.5 Å². The number of rotatable bonds is 3. The Labute approximate surface area is 156 Å². The molecule has 0 bridgehead atoms. The maximum atomic E-state index is 13.2. The number of anilines is 1. The Balaban J connectivity index is 1.57. The number of carbonyl (C=O) groups is 2. The third-order valence-corrected chi connectivity index (χ3v) is 5.73. The highest BCUT2D eigenvalue weighted by molar-refractivity contribution is 6.00. The first kappa shape index (κ1) is 17.5. The molecule has 2 N–H and O–H groups in total. The van der Waals surface area contributed by atoms with E-state index in [9.17, 15) is 9.59 Å². The molecule has 1 saturated heterocycles. The maximum Gasteiger partial charge on any atom is 0.274 e. The van der Waals surface area contributed by atoms with E-state index in [0.717, 1.165) is 36.1 Å². The van der Waals surface area contributed by atoms with Crippen LogP contribution in [0.5, 0.6) is 5.88 Å². The average molecular weight is 367 g/mol. The van der Waals surface area contributed by atoms with Gasteiger partial charge in [-0.2, -0.15) is 0 Å². The Morgan fingerprint density at radius 3 is 2.81 bits per heavy atom. The van der Waals surface area contributed by atoms with Gasteiger partial charge in [0.05, 0.1) is 24.4 Å². The number of nitrogens with zero attached hydrogens (tertiary/aromatic N) is 2. The molecule has 0 saturated carbocycles. The molecule has 140 valence electrons. The molecule has 7 nitrogen and oxygen atoms in total. The van der Waals surface area contributed by atoms with Crippen molar-refractivity contribution >= 4 is 17.5 Å². The zero-order chi connectivity index (χ0) is 19.0. The molecular formula is C20H21N3O4. The number of methoxy groups -OCH3 is 1. The maximum absolute atomic E-state index is 13.2. The molecule has 1 aromatic carbocycles. The summed E-state index contributed by atoms with van der Waals surface area (Å²) in [5, 5.41) is 8.80. The van der Waals surface area contributed by atoms with Crippen molar-refractivity contribution in [1.29, 1.82) is 0 Å².